The van der Waals surface area contributed by atoms with Crippen LogP contribution in [-0.2, 0) is 6.42 Å². The molecule has 0 saturated heterocycles. The van der Waals surface area contributed by atoms with Gasteiger partial charge in [-0.3, -0.25) is 4.79 Å². The number of aromatic nitrogens is 4. The predicted molar refractivity (Wildman–Crippen MR) is 89.2 cm³/mol. The molecule has 0 spiro atoms. The molecule has 3 rings (SSSR count). The van der Waals surface area contributed by atoms with Crippen LogP contribution in [0.2, 0.25) is 0 Å². The first kappa shape index (κ1) is 14.8. The smallest absolute Gasteiger partial charge is 0.260 e. The van der Waals surface area contributed by atoms with Gasteiger partial charge in [-0.25, -0.2) is 15.0 Å². The molecule has 0 radical (unpaired) electrons. The summed E-state index contributed by atoms with van der Waals surface area (Å²) in [5.41, 5.74) is 1.68. The molecule has 0 bridgehead atoms. The van der Waals surface area contributed by atoms with E-state index in [-0.39, 0.29) is 5.56 Å². The van der Waals surface area contributed by atoms with Crippen molar-refractivity contribution >= 4 is 21.6 Å². The molecule has 3 aromatic rings. The number of thiophene rings is 1. The zero-order chi connectivity index (χ0) is 15.7. The summed E-state index contributed by atoms with van der Waals surface area (Å²) in [6.45, 7) is 6.44. The van der Waals surface area contributed by atoms with Crippen LogP contribution in [-0.4, -0.2) is 19.9 Å². The van der Waals surface area contributed by atoms with Gasteiger partial charge in [0.25, 0.3) is 5.56 Å². The number of hydrogen-bond donors (Lipinski definition) is 1. The summed E-state index contributed by atoms with van der Waals surface area (Å²) in [7, 11) is 0. The van der Waals surface area contributed by atoms with Gasteiger partial charge in [-0.05, 0) is 30.9 Å². The zero-order valence-electron chi connectivity index (χ0n) is 12.9. The molecule has 114 valence electrons. The Kier molecular flexibility index (Phi) is 4.02. The topological polar surface area (TPSA) is 71.5 Å². The van der Waals surface area contributed by atoms with E-state index >= 15 is 0 Å². The van der Waals surface area contributed by atoms with Gasteiger partial charge < -0.3 is 4.98 Å². The van der Waals surface area contributed by atoms with E-state index in [0.29, 0.717) is 17.4 Å². The van der Waals surface area contributed by atoms with Crippen LogP contribution in [0.25, 0.3) is 21.7 Å². The van der Waals surface area contributed by atoms with Gasteiger partial charge in [-0.15, -0.1) is 11.3 Å². The second-order valence-electron chi connectivity index (χ2n) is 5.54. The average Bonchev–Trinajstić information content (AvgIpc) is 2.84. The van der Waals surface area contributed by atoms with Crippen molar-refractivity contribution in [3.05, 3.63) is 39.4 Å². The fourth-order valence-electron chi connectivity index (χ4n) is 2.47. The van der Waals surface area contributed by atoms with E-state index in [1.54, 1.807) is 23.6 Å². The second-order valence-corrected chi connectivity index (χ2v) is 6.75. The van der Waals surface area contributed by atoms with Crippen molar-refractivity contribution < 1.29 is 0 Å². The Morgan fingerprint density at radius 1 is 1.41 bits per heavy atom. The molecular weight excluding hydrogens is 296 g/mol. The molecule has 6 heteroatoms. The highest BCUT2D eigenvalue weighted by molar-refractivity contribution is 7.18. The van der Waals surface area contributed by atoms with Crippen molar-refractivity contribution in [1.82, 2.24) is 19.9 Å². The quantitative estimate of drug-likeness (QED) is 0.801. The lowest BCUT2D eigenvalue weighted by molar-refractivity contribution is 0.561. The van der Waals surface area contributed by atoms with E-state index in [2.05, 4.69) is 40.7 Å². The Morgan fingerprint density at radius 3 is 2.91 bits per heavy atom. The van der Waals surface area contributed by atoms with Crippen molar-refractivity contribution in [3.8, 4) is 11.5 Å². The summed E-state index contributed by atoms with van der Waals surface area (Å²) in [6, 6.07) is 1.74. The number of nitrogens with zero attached hydrogens (tertiary/aromatic N) is 3. The highest BCUT2D eigenvalue weighted by Gasteiger charge is 2.17. The monoisotopic (exact) mass is 314 g/mol. The number of fused-ring (bicyclic) bond motifs is 1. The highest BCUT2D eigenvalue weighted by atomic mass is 32.1. The van der Waals surface area contributed by atoms with Gasteiger partial charge in [-0.1, -0.05) is 20.3 Å². The molecule has 0 amide bonds. The van der Waals surface area contributed by atoms with Crippen LogP contribution in [0.3, 0.4) is 0 Å². The van der Waals surface area contributed by atoms with Gasteiger partial charge >= 0.3 is 0 Å². The van der Waals surface area contributed by atoms with E-state index in [0.717, 1.165) is 28.6 Å². The Bertz CT molecular complexity index is 854. The van der Waals surface area contributed by atoms with E-state index in [1.165, 1.54) is 11.2 Å². The fraction of sp³-hybridized carbons (Fsp3) is 0.375. The minimum Gasteiger partial charge on any atom is -0.305 e. The third-order valence-electron chi connectivity index (χ3n) is 3.94. The molecule has 5 nitrogen and oxygen atoms in total. The fourth-order valence-corrected chi connectivity index (χ4v) is 3.52. The first-order chi connectivity index (χ1) is 10.6. The van der Waals surface area contributed by atoms with Crippen molar-refractivity contribution in [2.45, 2.75) is 33.6 Å². The molecule has 1 N–H and O–H groups in total. The Morgan fingerprint density at radius 2 is 2.23 bits per heavy atom. The van der Waals surface area contributed by atoms with Crippen LogP contribution < -0.4 is 5.56 Å². The summed E-state index contributed by atoms with van der Waals surface area (Å²) in [5, 5.41) is 0.737. The van der Waals surface area contributed by atoms with Crippen molar-refractivity contribution in [1.29, 1.82) is 0 Å². The molecule has 0 aliphatic rings. The number of aromatic amines is 1. The SMILES string of the molecule is CC[C@@H](C)Cc1c(C)sc2nc(-c3ccncn3)[nH]c(=O)c12. The number of H-pyrrole nitrogens is 1. The van der Waals surface area contributed by atoms with Crippen LogP contribution >= 0.6 is 11.3 Å². The highest BCUT2D eigenvalue weighted by Crippen LogP contribution is 2.30. The molecule has 0 aliphatic heterocycles. The zero-order valence-corrected chi connectivity index (χ0v) is 13.7. The molecule has 0 fully saturated rings. The number of aryl methyl sites for hydroxylation is 1. The van der Waals surface area contributed by atoms with Gasteiger partial charge in [0, 0.05) is 11.1 Å². The van der Waals surface area contributed by atoms with Gasteiger partial charge in [0.2, 0.25) is 0 Å². The second kappa shape index (κ2) is 5.96. The largest absolute Gasteiger partial charge is 0.305 e. The summed E-state index contributed by atoms with van der Waals surface area (Å²) in [4.78, 5) is 30.0. The van der Waals surface area contributed by atoms with E-state index in [9.17, 15) is 4.79 Å². The molecule has 1 atom stereocenters. The Labute approximate surface area is 132 Å². The summed E-state index contributed by atoms with van der Waals surface area (Å²) < 4.78 is 0. The van der Waals surface area contributed by atoms with Gasteiger partial charge in [0.15, 0.2) is 5.82 Å². The van der Waals surface area contributed by atoms with Crippen LogP contribution in [0, 0.1) is 12.8 Å². The maximum Gasteiger partial charge on any atom is 0.260 e. The molecular formula is C16H18N4OS. The third-order valence-corrected chi connectivity index (χ3v) is 4.98. The predicted octanol–water partition coefficient (Wildman–Crippen LogP) is 3.34. The van der Waals surface area contributed by atoms with Crippen LogP contribution in [0.5, 0.6) is 0 Å². The van der Waals surface area contributed by atoms with E-state index in [4.69, 9.17) is 0 Å². The normalized spacial score (nSPS) is 12.7. The lowest BCUT2D eigenvalue weighted by Crippen LogP contribution is -2.11. The number of rotatable bonds is 4. The van der Waals surface area contributed by atoms with Crippen LogP contribution in [0.1, 0.15) is 30.7 Å². The third kappa shape index (κ3) is 2.66. The molecule has 3 heterocycles. The maximum absolute atomic E-state index is 12.5. The molecule has 22 heavy (non-hydrogen) atoms. The summed E-state index contributed by atoms with van der Waals surface area (Å²) in [6.07, 6.45) is 5.11. The summed E-state index contributed by atoms with van der Waals surface area (Å²) >= 11 is 1.58. The van der Waals surface area contributed by atoms with E-state index in [1.807, 2.05) is 0 Å². The minimum absolute atomic E-state index is 0.0822. The standard InChI is InChI=1S/C16H18N4OS/c1-4-9(2)7-11-10(3)22-16-13(11)15(21)19-14(20-16)12-5-6-17-8-18-12/h5-6,8-9H,4,7H2,1-3H3,(H,19,20,21)/t9-/m1/s1. The lowest BCUT2D eigenvalue weighted by atomic mass is 9.98. The van der Waals surface area contributed by atoms with Crippen LogP contribution in [0.15, 0.2) is 23.4 Å². The van der Waals surface area contributed by atoms with Gasteiger partial charge in [0.05, 0.1) is 5.39 Å². The number of hydrogen-bond acceptors (Lipinski definition) is 5. The van der Waals surface area contributed by atoms with Gasteiger partial charge in [-0.2, -0.15) is 0 Å². The molecule has 0 unspecified atom stereocenters. The van der Waals surface area contributed by atoms with E-state index < -0.39 is 0 Å². The van der Waals surface area contributed by atoms with Crippen LogP contribution in [0.4, 0.5) is 0 Å². The average molecular weight is 314 g/mol. The first-order valence-corrected chi connectivity index (χ1v) is 8.20. The molecule has 0 aromatic carbocycles. The first-order valence-electron chi connectivity index (χ1n) is 7.38. The molecule has 0 aliphatic carbocycles. The molecule has 3 aromatic heterocycles. The minimum atomic E-state index is -0.0822. The number of nitrogens with one attached hydrogen (secondary N) is 1. The van der Waals surface area contributed by atoms with Gasteiger partial charge in [0.1, 0.15) is 16.9 Å². The van der Waals surface area contributed by atoms with Crippen molar-refractivity contribution in [3.63, 3.8) is 0 Å². The summed E-state index contributed by atoms with van der Waals surface area (Å²) in [5.74, 6) is 1.05. The Balaban J connectivity index is 2.15. The lowest BCUT2D eigenvalue weighted by Gasteiger charge is -2.08. The van der Waals surface area contributed by atoms with Crippen molar-refractivity contribution in [2.75, 3.05) is 0 Å². The Hall–Kier alpha value is -2.08. The maximum atomic E-state index is 12.5. The molecule has 0 saturated carbocycles. The van der Waals surface area contributed by atoms with Crippen molar-refractivity contribution in [2.24, 2.45) is 5.92 Å².